The average molecular weight is 302 g/mol. The van der Waals surface area contributed by atoms with Gasteiger partial charge in [-0.15, -0.1) is 0 Å². The molecular weight excluding hydrogens is 272 g/mol. The van der Waals surface area contributed by atoms with E-state index in [-0.39, 0.29) is 29.1 Å². The highest BCUT2D eigenvalue weighted by Crippen LogP contribution is 2.39. The van der Waals surface area contributed by atoms with Crippen LogP contribution in [0.1, 0.15) is 41.0 Å². The molecule has 1 fully saturated rings. The summed E-state index contributed by atoms with van der Waals surface area (Å²) in [6, 6.07) is 0. The third-order valence-corrected chi connectivity index (χ3v) is 8.99. The van der Waals surface area contributed by atoms with Gasteiger partial charge in [0, 0.05) is 6.61 Å². The lowest BCUT2D eigenvalue weighted by atomic mass is 10.0. The molecule has 0 aromatic heterocycles. The van der Waals surface area contributed by atoms with Crippen LogP contribution in [-0.2, 0) is 18.7 Å². The Morgan fingerprint density at radius 2 is 2.00 bits per heavy atom. The van der Waals surface area contributed by atoms with Crippen LogP contribution in [0.3, 0.4) is 0 Å². The number of rotatable bonds is 5. The third-order valence-electron chi connectivity index (χ3n) is 4.48. The largest absolute Gasteiger partial charge is 0.466 e. The van der Waals surface area contributed by atoms with Crippen LogP contribution in [0, 0.1) is 5.92 Å². The Kier molecular flexibility index (Phi) is 5.81. The van der Waals surface area contributed by atoms with E-state index in [4.69, 9.17) is 13.9 Å². The van der Waals surface area contributed by atoms with Crippen molar-refractivity contribution in [1.29, 1.82) is 0 Å². The number of carbonyl (C=O) groups is 1. The highest BCUT2D eigenvalue weighted by atomic mass is 28.4. The van der Waals surface area contributed by atoms with Crippen molar-refractivity contribution in [3.8, 4) is 0 Å². The number of esters is 1. The van der Waals surface area contributed by atoms with Gasteiger partial charge in [0.15, 0.2) is 8.32 Å². The summed E-state index contributed by atoms with van der Waals surface area (Å²) in [7, 11) is -1.84. The molecule has 0 amide bonds. The Morgan fingerprint density at radius 3 is 2.50 bits per heavy atom. The van der Waals surface area contributed by atoms with Crippen molar-refractivity contribution in [1.82, 2.24) is 0 Å². The topological polar surface area (TPSA) is 44.8 Å². The van der Waals surface area contributed by atoms with Crippen LogP contribution in [0.2, 0.25) is 18.1 Å². The molecule has 1 rings (SSSR count). The van der Waals surface area contributed by atoms with Gasteiger partial charge in [-0.2, -0.15) is 0 Å². The second-order valence-corrected chi connectivity index (χ2v) is 11.8. The smallest absolute Gasteiger partial charge is 0.311 e. The van der Waals surface area contributed by atoms with E-state index < -0.39 is 8.32 Å². The molecule has 0 N–H and O–H groups in total. The summed E-state index contributed by atoms with van der Waals surface area (Å²) in [5.74, 6) is -0.463. The molecule has 0 unspecified atom stereocenters. The van der Waals surface area contributed by atoms with Crippen LogP contribution < -0.4 is 0 Å². The van der Waals surface area contributed by atoms with Crippen LogP contribution in [0.4, 0.5) is 0 Å². The zero-order valence-electron chi connectivity index (χ0n) is 14.0. The van der Waals surface area contributed by atoms with E-state index in [1.54, 1.807) is 0 Å². The molecule has 1 aliphatic heterocycles. The number of ether oxygens (including phenoxy) is 2. The molecule has 20 heavy (non-hydrogen) atoms. The van der Waals surface area contributed by atoms with Crippen LogP contribution in [0.5, 0.6) is 0 Å². The molecule has 1 aliphatic rings. The van der Waals surface area contributed by atoms with Gasteiger partial charge in [0.05, 0.1) is 24.7 Å². The first-order chi connectivity index (χ1) is 9.10. The molecule has 1 heterocycles. The standard InChI is InChI=1S/C15H30O4Si/c1-8-17-14(16)11(2)13-12(9-10-18-13)19-20(6,7)15(3,4)5/h11-13H,8-10H2,1-7H3/t11-,12+,13-/m0/s1. The van der Waals surface area contributed by atoms with Crippen LogP contribution in [0.25, 0.3) is 0 Å². The normalized spacial score (nSPS) is 25.6. The maximum Gasteiger partial charge on any atom is 0.311 e. The van der Waals surface area contributed by atoms with Crippen LogP contribution in [-0.4, -0.2) is 39.7 Å². The van der Waals surface area contributed by atoms with E-state index in [0.717, 1.165) is 6.42 Å². The van der Waals surface area contributed by atoms with E-state index in [1.165, 1.54) is 0 Å². The Balaban J connectivity index is 2.73. The molecule has 4 nitrogen and oxygen atoms in total. The molecule has 5 heteroatoms. The molecule has 0 aliphatic carbocycles. The molecule has 0 aromatic rings. The average Bonchev–Trinajstić information content (AvgIpc) is 2.74. The Bertz CT molecular complexity index is 335. The molecular formula is C15H30O4Si. The number of hydrogen-bond acceptors (Lipinski definition) is 4. The Labute approximate surface area is 124 Å². The van der Waals surface area contributed by atoms with Crippen molar-refractivity contribution < 1.29 is 18.7 Å². The fourth-order valence-electron chi connectivity index (χ4n) is 2.15. The van der Waals surface area contributed by atoms with Gasteiger partial charge in [-0.1, -0.05) is 20.8 Å². The summed E-state index contributed by atoms with van der Waals surface area (Å²) in [5.41, 5.74) is 0. The summed E-state index contributed by atoms with van der Waals surface area (Å²) in [4.78, 5) is 11.9. The van der Waals surface area contributed by atoms with E-state index in [0.29, 0.717) is 13.2 Å². The van der Waals surface area contributed by atoms with E-state index in [1.807, 2.05) is 13.8 Å². The first kappa shape index (κ1) is 17.7. The van der Waals surface area contributed by atoms with Gasteiger partial charge in [0.1, 0.15) is 0 Å². The molecule has 3 atom stereocenters. The second-order valence-electron chi connectivity index (χ2n) is 7.08. The van der Waals surface area contributed by atoms with Crippen molar-refractivity contribution in [3.63, 3.8) is 0 Å². The van der Waals surface area contributed by atoms with Crippen molar-refractivity contribution in [2.75, 3.05) is 13.2 Å². The quantitative estimate of drug-likeness (QED) is 0.577. The maximum absolute atomic E-state index is 11.9. The first-order valence-electron chi connectivity index (χ1n) is 7.56. The lowest BCUT2D eigenvalue weighted by Gasteiger charge is -2.40. The van der Waals surface area contributed by atoms with Gasteiger partial charge < -0.3 is 13.9 Å². The van der Waals surface area contributed by atoms with Crippen molar-refractivity contribution >= 4 is 14.3 Å². The number of hydrogen-bond donors (Lipinski definition) is 0. The summed E-state index contributed by atoms with van der Waals surface area (Å²) in [5, 5.41) is 0.160. The summed E-state index contributed by atoms with van der Waals surface area (Å²) in [6.07, 6.45) is 0.694. The zero-order chi connectivity index (χ0) is 15.6. The molecule has 0 saturated carbocycles. The van der Waals surface area contributed by atoms with Crippen LogP contribution >= 0.6 is 0 Å². The predicted octanol–water partition coefficient (Wildman–Crippen LogP) is 3.36. The van der Waals surface area contributed by atoms with Gasteiger partial charge in [-0.05, 0) is 38.4 Å². The van der Waals surface area contributed by atoms with E-state index in [2.05, 4.69) is 33.9 Å². The third kappa shape index (κ3) is 4.05. The van der Waals surface area contributed by atoms with Gasteiger partial charge >= 0.3 is 5.97 Å². The van der Waals surface area contributed by atoms with Crippen LogP contribution in [0.15, 0.2) is 0 Å². The highest BCUT2D eigenvalue weighted by molar-refractivity contribution is 6.74. The molecule has 1 saturated heterocycles. The highest BCUT2D eigenvalue weighted by Gasteiger charge is 2.44. The fraction of sp³-hybridized carbons (Fsp3) is 0.933. The first-order valence-corrected chi connectivity index (χ1v) is 10.5. The lowest BCUT2D eigenvalue weighted by molar-refractivity contribution is -0.153. The minimum atomic E-state index is -1.84. The minimum absolute atomic E-state index is 0.00953. The van der Waals surface area contributed by atoms with E-state index >= 15 is 0 Å². The molecule has 0 bridgehead atoms. The molecule has 0 radical (unpaired) electrons. The molecule has 0 aromatic carbocycles. The zero-order valence-corrected chi connectivity index (χ0v) is 15.0. The Morgan fingerprint density at radius 1 is 1.40 bits per heavy atom. The van der Waals surface area contributed by atoms with Gasteiger partial charge in [-0.3, -0.25) is 4.79 Å². The van der Waals surface area contributed by atoms with Gasteiger partial charge in [0.2, 0.25) is 0 Å². The summed E-state index contributed by atoms with van der Waals surface area (Å²) < 4.78 is 17.3. The molecule has 0 spiro atoms. The SMILES string of the molecule is CCOC(=O)[C@@H](C)[C@@H]1OCC[C@H]1O[Si](C)(C)C(C)(C)C. The maximum atomic E-state index is 11.9. The van der Waals surface area contributed by atoms with Crippen molar-refractivity contribution in [2.45, 2.75) is 71.4 Å². The fourth-order valence-corrected chi connectivity index (χ4v) is 3.51. The predicted molar refractivity (Wildman–Crippen MR) is 82.2 cm³/mol. The van der Waals surface area contributed by atoms with Crippen molar-refractivity contribution in [2.24, 2.45) is 5.92 Å². The van der Waals surface area contributed by atoms with Gasteiger partial charge in [-0.25, -0.2) is 0 Å². The second kappa shape index (κ2) is 6.58. The number of carbonyl (C=O) groups excluding carboxylic acids is 1. The van der Waals surface area contributed by atoms with Gasteiger partial charge in [0.25, 0.3) is 0 Å². The monoisotopic (exact) mass is 302 g/mol. The van der Waals surface area contributed by atoms with E-state index in [9.17, 15) is 4.79 Å². The summed E-state index contributed by atoms with van der Waals surface area (Å²) >= 11 is 0. The Hall–Kier alpha value is -0.393. The van der Waals surface area contributed by atoms with Crippen molar-refractivity contribution in [3.05, 3.63) is 0 Å². The lowest BCUT2D eigenvalue weighted by Crippen LogP contribution is -2.47. The summed E-state index contributed by atoms with van der Waals surface area (Å²) in [6.45, 7) is 15.9. The minimum Gasteiger partial charge on any atom is -0.466 e. The molecule has 118 valence electrons.